The molecule has 0 saturated heterocycles. The fraction of sp³-hybridized carbons (Fsp3) is 0.263. The minimum absolute atomic E-state index is 0.0745. The van der Waals surface area contributed by atoms with Gasteiger partial charge in [0.1, 0.15) is 0 Å². The first-order chi connectivity index (χ1) is 12.1. The summed E-state index contributed by atoms with van der Waals surface area (Å²) < 4.78 is 30.2. The molecular weight excluding hydrogens is 354 g/mol. The summed E-state index contributed by atoms with van der Waals surface area (Å²) in [7, 11) is -0.709. The van der Waals surface area contributed by atoms with Crippen molar-refractivity contribution in [1.82, 2.24) is 4.31 Å². The van der Waals surface area contributed by atoms with Crippen molar-refractivity contribution >= 4 is 21.8 Å². The lowest BCUT2D eigenvalue weighted by molar-refractivity contribution is 0.0474. The zero-order valence-corrected chi connectivity index (χ0v) is 16.0. The van der Waals surface area contributed by atoms with Crippen LogP contribution in [0, 0.1) is 13.8 Å². The van der Waals surface area contributed by atoms with Gasteiger partial charge in [0.15, 0.2) is 6.61 Å². The molecule has 0 spiro atoms. The van der Waals surface area contributed by atoms with Crippen molar-refractivity contribution in [3.8, 4) is 0 Å². The van der Waals surface area contributed by atoms with Gasteiger partial charge in [-0.25, -0.2) is 17.5 Å². The lowest BCUT2D eigenvalue weighted by atomic mass is 10.0. The summed E-state index contributed by atoms with van der Waals surface area (Å²) in [5.41, 5.74) is 2.46. The number of carbonyl (C=O) groups is 2. The molecule has 0 aliphatic heterocycles. The third kappa shape index (κ3) is 4.36. The summed E-state index contributed by atoms with van der Waals surface area (Å²) in [6, 6.07) is 10.9. The third-order valence-corrected chi connectivity index (χ3v) is 5.73. The van der Waals surface area contributed by atoms with Crippen LogP contribution in [-0.4, -0.2) is 45.2 Å². The topological polar surface area (TPSA) is 80.8 Å². The van der Waals surface area contributed by atoms with Crippen LogP contribution in [-0.2, 0) is 14.8 Å². The first kappa shape index (κ1) is 19.8. The molecule has 0 unspecified atom stereocenters. The molecule has 0 aliphatic rings. The number of hydrogen-bond donors (Lipinski definition) is 0. The van der Waals surface area contributed by atoms with Gasteiger partial charge in [-0.15, -0.1) is 0 Å². The number of hydrogen-bond acceptors (Lipinski definition) is 5. The smallest absolute Gasteiger partial charge is 0.338 e. The summed E-state index contributed by atoms with van der Waals surface area (Å²) in [5.74, 6) is -0.969. The maximum Gasteiger partial charge on any atom is 0.338 e. The lowest BCUT2D eigenvalue weighted by Crippen LogP contribution is -2.22. The average Bonchev–Trinajstić information content (AvgIpc) is 2.61. The van der Waals surface area contributed by atoms with Gasteiger partial charge in [0, 0.05) is 19.7 Å². The molecule has 7 heteroatoms. The van der Waals surface area contributed by atoms with Gasteiger partial charge in [-0.2, -0.15) is 0 Å². The van der Waals surface area contributed by atoms with Gasteiger partial charge in [-0.1, -0.05) is 17.7 Å². The molecule has 26 heavy (non-hydrogen) atoms. The van der Waals surface area contributed by atoms with Crippen molar-refractivity contribution < 1.29 is 22.7 Å². The second kappa shape index (κ2) is 7.80. The molecule has 6 nitrogen and oxygen atoms in total. The number of esters is 1. The van der Waals surface area contributed by atoms with E-state index >= 15 is 0 Å². The molecule has 2 aromatic carbocycles. The van der Waals surface area contributed by atoms with E-state index in [0.29, 0.717) is 5.56 Å². The van der Waals surface area contributed by atoms with Crippen LogP contribution in [0.15, 0.2) is 47.4 Å². The van der Waals surface area contributed by atoms with Crippen LogP contribution in [0.3, 0.4) is 0 Å². The van der Waals surface area contributed by atoms with Crippen molar-refractivity contribution in [2.75, 3.05) is 20.7 Å². The van der Waals surface area contributed by atoms with Gasteiger partial charge in [0.2, 0.25) is 15.8 Å². The predicted molar refractivity (Wildman–Crippen MR) is 97.8 cm³/mol. The number of nitrogens with zero attached hydrogens (tertiary/aromatic N) is 1. The van der Waals surface area contributed by atoms with Crippen LogP contribution in [0.25, 0.3) is 0 Å². The van der Waals surface area contributed by atoms with E-state index in [-0.39, 0.29) is 22.8 Å². The quantitative estimate of drug-likeness (QED) is 0.573. The fourth-order valence-corrected chi connectivity index (χ4v) is 3.20. The minimum Gasteiger partial charge on any atom is -0.454 e. The molecule has 0 radical (unpaired) electrons. The highest BCUT2D eigenvalue weighted by Crippen LogP contribution is 2.15. The number of Topliss-reactive ketones (excluding diaryl/α,β-unsaturated/α-hetero) is 1. The summed E-state index contributed by atoms with van der Waals surface area (Å²) in [6.45, 7) is 3.32. The van der Waals surface area contributed by atoms with E-state index in [2.05, 4.69) is 0 Å². The van der Waals surface area contributed by atoms with E-state index in [1.54, 1.807) is 6.07 Å². The van der Waals surface area contributed by atoms with Crippen molar-refractivity contribution in [2.24, 2.45) is 0 Å². The second-order valence-electron chi connectivity index (χ2n) is 6.13. The number of carbonyl (C=O) groups excluding carboxylic acids is 2. The standard InChI is InChI=1S/C19H21NO5S/c1-13-5-6-14(2)17(11-13)18(21)12-25-19(22)15-7-9-16(10-8-15)26(23,24)20(3)4/h5-11H,12H2,1-4H3. The molecule has 0 saturated carbocycles. The second-order valence-corrected chi connectivity index (χ2v) is 8.28. The lowest BCUT2D eigenvalue weighted by Gasteiger charge is -2.11. The van der Waals surface area contributed by atoms with Crippen LogP contribution in [0.1, 0.15) is 31.8 Å². The SMILES string of the molecule is Cc1ccc(C)c(C(=O)COC(=O)c2ccc(S(=O)(=O)N(C)C)cc2)c1. The minimum atomic E-state index is -3.56. The van der Waals surface area contributed by atoms with Gasteiger partial charge in [0.05, 0.1) is 10.5 Å². The molecule has 0 bridgehead atoms. The molecule has 2 rings (SSSR count). The number of rotatable bonds is 6. The molecule has 0 amide bonds. The molecule has 138 valence electrons. The average molecular weight is 375 g/mol. The Hall–Kier alpha value is -2.51. The molecule has 0 aliphatic carbocycles. The Morgan fingerprint density at radius 3 is 2.19 bits per heavy atom. The normalized spacial score (nSPS) is 11.4. The van der Waals surface area contributed by atoms with E-state index in [1.807, 2.05) is 26.0 Å². The van der Waals surface area contributed by atoms with Crippen LogP contribution in [0.4, 0.5) is 0 Å². The van der Waals surface area contributed by atoms with Crippen molar-refractivity contribution in [3.05, 3.63) is 64.7 Å². The summed E-state index contributed by atoms with van der Waals surface area (Å²) in [6.07, 6.45) is 0. The van der Waals surface area contributed by atoms with Crippen molar-refractivity contribution in [1.29, 1.82) is 0 Å². The zero-order valence-electron chi connectivity index (χ0n) is 15.1. The monoisotopic (exact) mass is 375 g/mol. The predicted octanol–water partition coefficient (Wildman–Crippen LogP) is 2.59. The van der Waals surface area contributed by atoms with Gasteiger partial charge in [0.25, 0.3) is 0 Å². The molecule has 2 aromatic rings. The number of ether oxygens (including phenoxy) is 1. The number of ketones is 1. The van der Waals surface area contributed by atoms with Gasteiger partial charge in [-0.05, 0) is 49.7 Å². The maximum atomic E-state index is 12.3. The maximum absolute atomic E-state index is 12.3. The number of aryl methyl sites for hydroxylation is 2. The molecule has 0 atom stereocenters. The van der Waals surface area contributed by atoms with E-state index in [0.717, 1.165) is 15.4 Å². The summed E-state index contributed by atoms with van der Waals surface area (Å²) in [4.78, 5) is 24.4. The fourth-order valence-electron chi connectivity index (χ4n) is 2.30. The summed E-state index contributed by atoms with van der Waals surface area (Å²) >= 11 is 0. The molecular formula is C19H21NO5S. The van der Waals surface area contributed by atoms with Crippen molar-refractivity contribution in [2.45, 2.75) is 18.7 Å². The Kier molecular flexibility index (Phi) is 5.94. The Balaban J connectivity index is 2.06. The van der Waals surface area contributed by atoms with E-state index < -0.39 is 16.0 Å². The van der Waals surface area contributed by atoms with Crippen LogP contribution in [0.5, 0.6) is 0 Å². The Bertz CT molecular complexity index is 931. The van der Waals surface area contributed by atoms with Crippen molar-refractivity contribution in [3.63, 3.8) is 0 Å². The van der Waals surface area contributed by atoms with Gasteiger partial charge < -0.3 is 4.74 Å². The first-order valence-electron chi connectivity index (χ1n) is 7.93. The third-order valence-electron chi connectivity index (χ3n) is 3.90. The van der Waals surface area contributed by atoms with E-state index in [1.165, 1.54) is 38.4 Å². The number of benzene rings is 2. The van der Waals surface area contributed by atoms with E-state index in [4.69, 9.17) is 4.74 Å². The Morgan fingerprint density at radius 1 is 1.00 bits per heavy atom. The molecule has 0 aromatic heterocycles. The zero-order chi connectivity index (χ0) is 19.5. The highest BCUT2D eigenvalue weighted by atomic mass is 32.2. The number of sulfonamides is 1. The molecule has 0 fully saturated rings. The Morgan fingerprint density at radius 2 is 1.62 bits per heavy atom. The Labute approximate surface area is 153 Å². The summed E-state index contributed by atoms with van der Waals surface area (Å²) in [5, 5.41) is 0. The highest BCUT2D eigenvalue weighted by molar-refractivity contribution is 7.89. The van der Waals surface area contributed by atoms with Gasteiger partial charge >= 0.3 is 5.97 Å². The van der Waals surface area contributed by atoms with Crippen LogP contribution < -0.4 is 0 Å². The first-order valence-corrected chi connectivity index (χ1v) is 9.37. The molecule has 0 N–H and O–H groups in total. The molecule has 0 heterocycles. The largest absolute Gasteiger partial charge is 0.454 e. The van der Waals surface area contributed by atoms with E-state index in [9.17, 15) is 18.0 Å². The van der Waals surface area contributed by atoms with Gasteiger partial charge in [-0.3, -0.25) is 4.79 Å². The van der Waals surface area contributed by atoms with Crippen LogP contribution in [0.2, 0.25) is 0 Å². The van der Waals surface area contributed by atoms with Crippen LogP contribution >= 0.6 is 0 Å². The highest BCUT2D eigenvalue weighted by Gasteiger charge is 2.18.